The molecule has 208 valence electrons. The van der Waals surface area contributed by atoms with E-state index >= 15 is 0 Å². The molecule has 8 nitrogen and oxygen atoms in total. The van der Waals surface area contributed by atoms with Gasteiger partial charge in [0.25, 0.3) is 5.91 Å². The fourth-order valence-corrected chi connectivity index (χ4v) is 5.89. The van der Waals surface area contributed by atoms with Gasteiger partial charge in [0, 0.05) is 42.3 Å². The Labute approximate surface area is 229 Å². The van der Waals surface area contributed by atoms with Gasteiger partial charge in [0.15, 0.2) is 0 Å². The highest BCUT2D eigenvalue weighted by atomic mass is 16.5. The van der Waals surface area contributed by atoms with Crippen molar-refractivity contribution in [2.75, 3.05) is 32.8 Å². The minimum Gasteiger partial charge on any atom is -0.462 e. The zero-order valence-corrected chi connectivity index (χ0v) is 22.4. The smallest absolute Gasteiger partial charge is 0.312 e. The van der Waals surface area contributed by atoms with Gasteiger partial charge in [-0.15, -0.1) is 0 Å². The summed E-state index contributed by atoms with van der Waals surface area (Å²) in [6.45, 7) is 3.03. The molecule has 39 heavy (non-hydrogen) atoms. The van der Waals surface area contributed by atoms with Crippen molar-refractivity contribution in [3.63, 3.8) is 0 Å². The first kappa shape index (κ1) is 27.4. The third-order valence-electron chi connectivity index (χ3n) is 8.44. The molecule has 5 rings (SSSR count). The average Bonchev–Trinajstić information content (AvgIpc) is 3.44. The normalized spacial score (nSPS) is 23.5. The maximum atomic E-state index is 13.5. The van der Waals surface area contributed by atoms with Crippen LogP contribution in [0, 0.1) is 5.41 Å². The Morgan fingerprint density at radius 2 is 1.74 bits per heavy atom. The summed E-state index contributed by atoms with van der Waals surface area (Å²) in [6.07, 6.45) is 3.37. The van der Waals surface area contributed by atoms with Crippen molar-refractivity contribution in [3.05, 3.63) is 71.9 Å². The second-order valence-electron chi connectivity index (χ2n) is 11.1. The summed E-state index contributed by atoms with van der Waals surface area (Å²) in [5.41, 5.74) is 2.21. The van der Waals surface area contributed by atoms with Crippen molar-refractivity contribution in [1.82, 2.24) is 14.8 Å². The number of H-pyrrole nitrogens is 1. The van der Waals surface area contributed by atoms with Gasteiger partial charge >= 0.3 is 5.97 Å². The molecule has 3 aromatic rings. The molecule has 2 aromatic carbocycles. The summed E-state index contributed by atoms with van der Waals surface area (Å²) in [5, 5.41) is 22.1. The van der Waals surface area contributed by atoms with Gasteiger partial charge in [-0.2, -0.15) is 0 Å². The molecule has 3 heterocycles. The number of hydrogen-bond acceptors (Lipinski definition) is 6. The molecule has 0 aliphatic carbocycles. The molecule has 2 atom stereocenters. The SMILES string of the molecule is O=C(c1ccc2[nH]ccc2c1)N1CCCCC2(CCN(Cc3ccccc3)CC2)C(=O)OC[C@@H](O)[C@@H](O)CC1. The van der Waals surface area contributed by atoms with Crippen LogP contribution < -0.4 is 0 Å². The highest BCUT2D eigenvalue weighted by Crippen LogP contribution is 2.39. The van der Waals surface area contributed by atoms with Crippen molar-refractivity contribution < 1.29 is 24.5 Å². The molecular weight excluding hydrogens is 494 g/mol. The molecule has 0 radical (unpaired) electrons. The van der Waals surface area contributed by atoms with Crippen LogP contribution in [-0.2, 0) is 16.1 Å². The predicted octanol–water partition coefficient (Wildman–Crippen LogP) is 3.73. The van der Waals surface area contributed by atoms with E-state index in [1.165, 1.54) is 5.56 Å². The number of benzene rings is 2. The molecule has 1 amide bonds. The number of aromatic amines is 1. The van der Waals surface area contributed by atoms with E-state index < -0.39 is 17.6 Å². The van der Waals surface area contributed by atoms with Crippen LogP contribution in [0.2, 0.25) is 0 Å². The Bertz CT molecular complexity index is 1250. The molecule has 0 bridgehead atoms. The molecule has 2 fully saturated rings. The summed E-state index contributed by atoms with van der Waals surface area (Å²) in [5.74, 6) is -0.369. The van der Waals surface area contributed by atoms with Crippen molar-refractivity contribution in [1.29, 1.82) is 0 Å². The van der Waals surface area contributed by atoms with Gasteiger partial charge in [0.1, 0.15) is 12.7 Å². The first-order valence-corrected chi connectivity index (χ1v) is 14.1. The Morgan fingerprint density at radius 3 is 2.54 bits per heavy atom. The fraction of sp³-hybridized carbons (Fsp3) is 0.484. The third kappa shape index (κ3) is 6.52. The van der Waals surface area contributed by atoms with Crippen molar-refractivity contribution in [2.45, 2.75) is 57.3 Å². The summed E-state index contributed by atoms with van der Waals surface area (Å²) in [7, 11) is 0. The highest BCUT2D eigenvalue weighted by molar-refractivity contribution is 5.98. The van der Waals surface area contributed by atoms with E-state index in [0.29, 0.717) is 37.9 Å². The number of nitrogens with one attached hydrogen (secondary N) is 1. The molecule has 0 saturated carbocycles. The number of aliphatic hydroxyl groups excluding tert-OH is 2. The highest BCUT2D eigenvalue weighted by Gasteiger charge is 2.42. The molecule has 2 aliphatic rings. The third-order valence-corrected chi connectivity index (χ3v) is 8.44. The standard InChI is InChI=1S/C31H39N3O5/c35-27-11-17-34(29(37)25-8-9-26-24(20-25)10-15-32-26)16-5-4-12-31(30(38)39-22-28(27)36)13-18-33(19-14-31)21-23-6-2-1-3-7-23/h1-3,6-10,15,20,27-28,32,35-36H,4-5,11-14,16-19,21-22H2/t27-,28+/m0/s1. The summed E-state index contributed by atoms with van der Waals surface area (Å²) in [6, 6.07) is 17.9. The summed E-state index contributed by atoms with van der Waals surface area (Å²) >= 11 is 0. The number of cyclic esters (lactones) is 1. The number of carbonyl (C=O) groups is 2. The van der Waals surface area contributed by atoms with Gasteiger partial charge in [-0.05, 0) is 75.0 Å². The minimum atomic E-state index is -1.20. The number of aromatic nitrogens is 1. The van der Waals surface area contributed by atoms with Crippen LogP contribution in [0.15, 0.2) is 60.8 Å². The summed E-state index contributed by atoms with van der Waals surface area (Å²) in [4.78, 5) is 34.1. The average molecular weight is 534 g/mol. The Balaban J connectivity index is 1.27. The van der Waals surface area contributed by atoms with E-state index in [1.807, 2.05) is 48.7 Å². The van der Waals surface area contributed by atoms with Crippen LogP contribution in [0.3, 0.4) is 0 Å². The number of esters is 1. The first-order valence-electron chi connectivity index (χ1n) is 14.1. The molecular formula is C31H39N3O5. The number of amides is 1. The van der Waals surface area contributed by atoms with E-state index in [-0.39, 0.29) is 24.9 Å². The summed E-state index contributed by atoms with van der Waals surface area (Å²) < 4.78 is 5.61. The number of rotatable bonds is 3. The van der Waals surface area contributed by atoms with Crippen LogP contribution in [0.5, 0.6) is 0 Å². The number of likely N-dealkylation sites (tertiary alicyclic amines) is 1. The largest absolute Gasteiger partial charge is 0.462 e. The van der Waals surface area contributed by atoms with Gasteiger partial charge < -0.3 is 24.8 Å². The van der Waals surface area contributed by atoms with E-state index in [9.17, 15) is 19.8 Å². The van der Waals surface area contributed by atoms with Crippen LogP contribution in [0.1, 0.15) is 54.4 Å². The van der Waals surface area contributed by atoms with Gasteiger partial charge in [-0.3, -0.25) is 14.5 Å². The maximum Gasteiger partial charge on any atom is 0.312 e. The molecule has 8 heteroatoms. The lowest BCUT2D eigenvalue weighted by Crippen LogP contribution is -2.45. The van der Waals surface area contributed by atoms with E-state index in [4.69, 9.17) is 4.74 Å². The first-order chi connectivity index (χ1) is 18.9. The molecule has 0 unspecified atom stereocenters. The number of carbonyl (C=O) groups excluding carboxylic acids is 2. The molecule has 3 N–H and O–H groups in total. The fourth-order valence-electron chi connectivity index (χ4n) is 5.89. The predicted molar refractivity (Wildman–Crippen MR) is 149 cm³/mol. The van der Waals surface area contributed by atoms with Crippen molar-refractivity contribution in [2.24, 2.45) is 5.41 Å². The number of nitrogens with zero attached hydrogens (tertiary/aromatic N) is 2. The number of aliphatic hydroxyl groups is 2. The molecule has 1 aromatic heterocycles. The van der Waals surface area contributed by atoms with E-state index in [2.05, 4.69) is 22.0 Å². The Hall–Kier alpha value is -3.20. The lowest BCUT2D eigenvalue weighted by molar-refractivity contribution is -0.165. The second-order valence-corrected chi connectivity index (χ2v) is 11.1. The molecule has 2 aliphatic heterocycles. The van der Waals surface area contributed by atoms with Crippen LogP contribution >= 0.6 is 0 Å². The van der Waals surface area contributed by atoms with Crippen LogP contribution in [0.25, 0.3) is 10.9 Å². The Morgan fingerprint density at radius 1 is 0.949 bits per heavy atom. The van der Waals surface area contributed by atoms with E-state index in [0.717, 1.165) is 43.4 Å². The second kappa shape index (κ2) is 12.3. The number of fused-ring (bicyclic) bond motifs is 1. The minimum absolute atomic E-state index is 0.0917. The van der Waals surface area contributed by atoms with E-state index in [1.54, 1.807) is 4.90 Å². The van der Waals surface area contributed by atoms with Gasteiger partial charge in [0.2, 0.25) is 0 Å². The van der Waals surface area contributed by atoms with Crippen molar-refractivity contribution in [3.8, 4) is 0 Å². The van der Waals surface area contributed by atoms with Crippen LogP contribution in [0.4, 0.5) is 0 Å². The monoisotopic (exact) mass is 533 g/mol. The number of piperidine rings is 1. The zero-order valence-electron chi connectivity index (χ0n) is 22.4. The number of hydrogen-bond donors (Lipinski definition) is 3. The maximum absolute atomic E-state index is 13.5. The molecule has 2 saturated heterocycles. The van der Waals surface area contributed by atoms with Crippen molar-refractivity contribution >= 4 is 22.8 Å². The van der Waals surface area contributed by atoms with Crippen LogP contribution in [-0.4, -0.2) is 81.9 Å². The molecule has 1 spiro atoms. The topological polar surface area (TPSA) is 106 Å². The number of ether oxygens (including phenoxy) is 1. The lowest BCUT2D eigenvalue weighted by Gasteiger charge is -2.40. The lowest BCUT2D eigenvalue weighted by atomic mass is 9.74. The van der Waals surface area contributed by atoms with Gasteiger partial charge in [-0.25, -0.2) is 0 Å². The zero-order chi connectivity index (χ0) is 27.2. The van der Waals surface area contributed by atoms with Gasteiger partial charge in [0.05, 0.1) is 11.5 Å². The Kier molecular flexibility index (Phi) is 8.65. The quantitative estimate of drug-likeness (QED) is 0.443. The van der Waals surface area contributed by atoms with Gasteiger partial charge in [-0.1, -0.05) is 36.8 Å².